The van der Waals surface area contributed by atoms with Crippen molar-refractivity contribution in [2.45, 2.75) is 31.8 Å². The summed E-state index contributed by atoms with van der Waals surface area (Å²) in [6.07, 6.45) is 1.54. The van der Waals surface area contributed by atoms with Gasteiger partial charge in [0.25, 0.3) is 0 Å². The highest BCUT2D eigenvalue weighted by molar-refractivity contribution is 7.08. The predicted molar refractivity (Wildman–Crippen MR) is 75.4 cm³/mol. The van der Waals surface area contributed by atoms with Gasteiger partial charge in [0.1, 0.15) is 5.60 Å². The normalized spacial score (nSPS) is 25.1. The molecule has 1 fully saturated rings. The van der Waals surface area contributed by atoms with E-state index in [9.17, 15) is 14.7 Å². The Morgan fingerprint density at radius 1 is 1.45 bits per heavy atom. The molecule has 5 nitrogen and oxygen atoms in total. The molecule has 0 saturated heterocycles. The topological polar surface area (TPSA) is 86.6 Å². The van der Waals surface area contributed by atoms with E-state index in [0.717, 1.165) is 5.56 Å². The van der Waals surface area contributed by atoms with Crippen LogP contribution in [0.25, 0.3) is 0 Å². The van der Waals surface area contributed by atoms with Crippen molar-refractivity contribution < 1.29 is 19.8 Å². The molecule has 1 aliphatic rings. The molecule has 3 atom stereocenters. The van der Waals surface area contributed by atoms with Crippen LogP contribution in [-0.2, 0) is 15.2 Å². The van der Waals surface area contributed by atoms with Crippen LogP contribution in [-0.4, -0.2) is 28.6 Å². The maximum Gasteiger partial charge on any atom is 0.306 e. The molecule has 20 heavy (non-hydrogen) atoms. The van der Waals surface area contributed by atoms with E-state index in [2.05, 4.69) is 5.32 Å². The highest BCUT2D eigenvalue weighted by Gasteiger charge is 2.34. The van der Waals surface area contributed by atoms with Crippen molar-refractivity contribution in [3.63, 3.8) is 0 Å². The van der Waals surface area contributed by atoms with E-state index >= 15 is 0 Å². The van der Waals surface area contributed by atoms with Gasteiger partial charge in [0, 0.05) is 5.92 Å². The third-order valence-corrected chi connectivity index (χ3v) is 4.59. The van der Waals surface area contributed by atoms with Gasteiger partial charge < -0.3 is 15.5 Å². The molecular formula is C14H19NO4S. The molecule has 2 rings (SSSR count). The van der Waals surface area contributed by atoms with Gasteiger partial charge in [-0.25, -0.2) is 0 Å². The largest absolute Gasteiger partial charge is 0.481 e. The Bertz CT molecular complexity index is 483. The smallest absolute Gasteiger partial charge is 0.306 e. The number of aliphatic carboxylic acids is 1. The number of carbonyl (C=O) groups excluding carboxylic acids is 1. The number of amides is 1. The highest BCUT2D eigenvalue weighted by atomic mass is 32.1. The molecule has 6 heteroatoms. The van der Waals surface area contributed by atoms with Gasteiger partial charge in [0.2, 0.25) is 5.91 Å². The van der Waals surface area contributed by atoms with Crippen LogP contribution >= 0.6 is 11.3 Å². The maximum absolute atomic E-state index is 12.0. The number of rotatable bonds is 5. The number of hydrogen-bond donors (Lipinski definition) is 3. The molecule has 0 spiro atoms. The lowest BCUT2D eigenvalue weighted by Crippen LogP contribution is -2.40. The quantitative estimate of drug-likeness (QED) is 0.770. The van der Waals surface area contributed by atoms with Crippen molar-refractivity contribution in [2.75, 3.05) is 6.54 Å². The van der Waals surface area contributed by atoms with E-state index in [1.165, 1.54) is 11.3 Å². The third kappa shape index (κ3) is 3.37. The monoisotopic (exact) mass is 297 g/mol. The summed E-state index contributed by atoms with van der Waals surface area (Å²) < 4.78 is 0. The summed E-state index contributed by atoms with van der Waals surface area (Å²) in [5.74, 6) is -1.66. The van der Waals surface area contributed by atoms with E-state index in [-0.39, 0.29) is 18.4 Å². The fourth-order valence-corrected chi connectivity index (χ4v) is 3.30. The number of carboxylic acids is 1. The van der Waals surface area contributed by atoms with Crippen molar-refractivity contribution in [3.8, 4) is 0 Å². The summed E-state index contributed by atoms with van der Waals surface area (Å²) in [7, 11) is 0. The van der Waals surface area contributed by atoms with Crippen molar-refractivity contribution in [1.29, 1.82) is 0 Å². The Morgan fingerprint density at radius 3 is 2.70 bits per heavy atom. The lowest BCUT2D eigenvalue weighted by atomic mass is 9.98. The molecule has 0 aromatic carbocycles. The van der Waals surface area contributed by atoms with Crippen molar-refractivity contribution in [2.24, 2.45) is 11.8 Å². The molecule has 1 aliphatic carbocycles. The zero-order valence-corrected chi connectivity index (χ0v) is 12.2. The zero-order valence-electron chi connectivity index (χ0n) is 11.3. The average Bonchev–Trinajstić information content (AvgIpc) is 3.06. The number of nitrogens with one attached hydrogen (secondary N) is 1. The predicted octanol–water partition coefficient (Wildman–Crippen LogP) is 1.57. The van der Waals surface area contributed by atoms with E-state index in [1.54, 1.807) is 6.92 Å². The molecule has 0 radical (unpaired) electrons. The van der Waals surface area contributed by atoms with Gasteiger partial charge in [-0.1, -0.05) is 0 Å². The second kappa shape index (κ2) is 5.93. The number of aliphatic hydroxyl groups is 1. The van der Waals surface area contributed by atoms with E-state index in [1.807, 2.05) is 16.8 Å². The molecular weight excluding hydrogens is 278 g/mol. The fourth-order valence-electron chi connectivity index (χ4n) is 2.52. The number of carbonyl (C=O) groups is 2. The highest BCUT2D eigenvalue weighted by Crippen LogP contribution is 2.31. The van der Waals surface area contributed by atoms with Crippen LogP contribution in [0.2, 0.25) is 0 Å². The minimum Gasteiger partial charge on any atom is -0.481 e. The lowest BCUT2D eigenvalue weighted by molar-refractivity contribution is -0.141. The van der Waals surface area contributed by atoms with Crippen LogP contribution in [0.3, 0.4) is 0 Å². The molecule has 0 bridgehead atoms. The molecule has 1 heterocycles. The van der Waals surface area contributed by atoms with E-state index in [4.69, 9.17) is 5.11 Å². The van der Waals surface area contributed by atoms with Crippen LogP contribution in [0.1, 0.15) is 31.7 Å². The standard InChI is InChI=1S/C14H19NO4S/c1-14(19,11-4-5-20-7-11)8-15-12(16)9-2-3-10(6-9)13(17)18/h4-5,7,9-10,19H,2-3,6,8H2,1H3,(H,15,16)(H,17,18)/t9-,10+,14?/m1/s1. The number of hydrogen-bond acceptors (Lipinski definition) is 4. The summed E-state index contributed by atoms with van der Waals surface area (Å²) in [6, 6.07) is 1.83. The number of thiophene rings is 1. The van der Waals surface area contributed by atoms with E-state index < -0.39 is 17.5 Å². The Balaban J connectivity index is 1.85. The van der Waals surface area contributed by atoms with Crippen LogP contribution in [0, 0.1) is 11.8 Å². The average molecular weight is 297 g/mol. The van der Waals surface area contributed by atoms with Crippen LogP contribution < -0.4 is 5.32 Å². The summed E-state index contributed by atoms with van der Waals surface area (Å²) in [4.78, 5) is 22.9. The first-order valence-electron chi connectivity index (χ1n) is 6.66. The van der Waals surface area contributed by atoms with Crippen LogP contribution in [0.5, 0.6) is 0 Å². The lowest BCUT2D eigenvalue weighted by Gasteiger charge is -2.23. The van der Waals surface area contributed by atoms with Crippen molar-refractivity contribution in [3.05, 3.63) is 22.4 Å². The minimum absolute atomic E-state index is 0.136. The number of carboxylic acid groups (broad SMARTS) is 1. The van der Waals surface area contributed by atoms with Crippen molar-refractivity contribution in [1.82, 2.24) is 5.32 Å². The summed E-state index contributed by atoms with van der Waals surface area (Å²) in [5, 5.41) is 25.7. The molecule has 110 valence electrons. The first kappa shape index (κ1) is 15.0. The fraction of sp³-hybridized carbons (Fsp3) is 0.571. The Kier molecular flexibility index (Phi) is 4.45. The SMILES string of the molecule is CC(O)(CNC(=O)[C@@H]1CC[C@H](C(=O)O)C1)c1ccsc1. The summed E-state index contributed by atoms with van der Waals surface area (Å²) in [5.41, 5.74) is -0.321. The van der Waals surface area contributed by atoms with Crippen molar-refractivity contribution >= 4 is 23.2 Å². The molecule has 1 unspecified atom stereocenters. The second-order valence-electron chi connectivity index (χ2n) is 5.55. The minimum atomic E-state index is -1.10. The van der Waals surface area contributed by atoms with Gasteiger partial charge >= 0.3 is 5.97 Å². The van der Waals surface area contributed by atoms with Gasteiger partial charge in [0.15, 0.2) is 0 Å². The second-order valence-corrected chi connectivity index (χ2v) is 6.33. The van der Waals surface area contributed by atoms with Gasteiger partial charge in [-0.2, -0.15) is 11.3 Å². The van der Waals surface area contributed by atoms with Gasteiger partial charge in [-0.05, 0) is 48.6 Å². The maximum atomic E-state index is 12.0. The Labute approximate surface area is 121 Å². The molecule has 0 aliphatic heterocycles. The Hall–Kier alpha value is -1.40. The third-order valence-electron chi connectivity index (χ3n) is 3.90. The molecule has 1 amide bonds. The molecule has 1 aromatic rings. The zero-order chi connectivity index (χ0) is 14.8. The molecule has 1 saturated carbocycles. The van der Waals surface area contributed by atoms with Gasteiger partial charge in [-0.15, -0.1) is 0 Å². The van der Waals surface area contributed by atoms with E-state index in [0.29, 0.717) is 19.3 Å². The van der Waals surface area contributed by atoms with Crippen LogP contribution in [0.4, 0.5) is 0 Å². The summed E-state index contributed by atoms with van der Waals surface area (Å²) >= 11 is 1.49. The van der Waals surface area contributed by atoms with Gasteiger partial charge in [0.05, 0.1) is 12.5 Å². The Morgan fingerprint density at radius 2 is 2.15 bits per heavy atom. The molecule has 1 aromatic heterocycles. The van der Waals surface area contributed by atoms with Crippen LogP contribution in [0.15, 0.2) is 16.8 Å². The molecule has 3 N–H and O–H groups in total. The first-order valence-corrected chi connectivity index (χ1v) is 7.60. The first-order chi connectivity index (χ1) is 9.40. The van der Waals surface area contributed by atoms with Gasteiger partial charge in [-0.3, -0.25) is 9.59 Å². The summed E-state index contributed by atoms with van der Waals surface area (Å²) in [6.45, 7) is 1.79.